The summed E-state index contributed by atoms with van der Waals surface area (Å²) in [6.07, 6.45) is 11.9. The van der Waals surface area contributed by atoms with Gasteiger partial charge in [-0.25, -0.2) is 0 Å². The Bertz CT molecular complexity index is 695. The molecule has 0 radical (unpaired) electrons. The lowest BCUT2D eigenvalue weighted by atomic mass is 10.1. The molecule has 0 fully saturated rings. The van der Waals surface area contributed by atoms with Crippen molar-refractivity contribution in [1.29, 1.82) is 0 Å². The van der Waals surface area contributed by atoms with Crippen LogP contribution >= 0.6 is 0 Å². The third kappa shape index (κ3) is 2.46. The van der Waals surface area contributed by atoms with Gasteiger partial charge in [0.1, 0.15) is 6.17 Å². The second-order valence-corrected chi connectivity index (χ2v) is 5.44. The van der Waals surface area contributed by atoms with E-state index >= 15 is 0 Å². The molecule has 2 heterocycles. The first-order valence-corrected chi connectivity index (χ1v) is 7.45. The number of nitrogens with zero attached hydrogens (tertiary/aromatic N) is 1. The van der Waals surface area contributed by atoms with Gasteiger partial charge in [-0.2, -0.15) is 0 Å². The molecule has 3 nitrogen and oxygen atoms in total. The zero-order valence-corrected chi connectivity index (χ0v) is 12.8. The maximum absolute atomic E-state index is 3.95. The van der Waals surface area contributed by atoms with E-state index in [-0.39, 0.29) is 6.17 Å². The molecule has 1 atom stereocenters. The van der Waals surface area contributed by atoms with Crippen molar-refractivity contribution < 1.29 is 0 Å². The first-order chi connectivity index (χ1) is 10.7. The molecule has 1 aromatic rings. The van der Waals surface area contributed by atoms with Crippen molar-refractivity contribution in [2.75, 3.05) is 16.8 Å². The number of nitrogens with one attached hydrogen (secondary N) is 2. The van der Waals surface area contributed by atoms with Crippen molar-refractivity contribution >= 4 is 11.4 Å². The van der Waals surface area contributed by atoms with Gasteiger partial charge in [-0.15, -0.1) is 0 Å². The highest BCUT2D eigenvalue weighted by molar-refractivity contribution is 5.81. The van der Waals surface area contributed by atoms with E-state index in [0.717, 1.165) is 17.8 Å². The topological polar surface area (TPSA) is 27.3 Å². The highest BCUT2D eigenvalue weighted by Gasteiger charge is 2.32. The third-order valence-corrected chi connectivity index (χ3v) is 3.92. The molecule has 0 saturated heterocycles. The number of anilines is 2. The van der Waals surface area contributed by atoms with Crippen LogP contribution in [0.5, 0.6) is 0 Å². The quantitative estimate of drug-likeness (QED) is 0.825. The first-order valence-electron chi connectivity index (χ1n) is 7.45. The Labute approximate surface area is 132 Å². The molecule has 1 unspecified atom stereocenters. The van der Waals surface area contributed by atoms with Gasteiger partial charge in [0.25, 0.3) is 0 Å². The highest BCUT2D eigenvalue weighted by Crippen LogP contribution is 2.40. The minimum absolute atomic E-state index is 0.0341. The smallest absolute Gasteiger partial charge is 0.130 e. The van der Waals surface area contributed by atoms with E-state index in [0.29, 0.717) is 0 Å². The first kappa shape index (κ1) is 14.3. The standard InChI is InChI=1S/C19H21N3/c1-4-7-15(5-2)19-21-17-10-9-14(3)12-18(17)22(19)16-8-6-11-20-13-16/h4-12,19-21H,1-2,13H2,3H3/b15-7+. The average molecular weight is 291 g/mol. The van der Waals surface area contributed by atoms with Crippen LogP contribution in [0, 0.1) is 6.92 Å². The number of aryl methyl sites for hydroxylation is 1. The molecule has 0 spiro atoms. The summed E-state index contributed by atoms with van der Waals surface area (Å²) in [5, 5.41) is 6.87. The lowest BCUT2D eigenvalue weighted by molar-refractivity contribution is 0.785. The molecule has 0 bridgehead atoms. The zero-order chi connectivity index (χ0) is 15.5. The number of hydrogen-bond donors (Lipinski definition) is 2. The van der Waals surface area contributed by atoms with Crippen LogP contribution in [0.3, 0.4) is 0 Å². The van der Waals surface area contributed by atoms with E-state index in [1.807, 2.05) is 24.4 Å². The van der Waals surface area contributed by atoms with Crippen LogP contribution < -0.4 is 15.5 Å². The number of hydrogen-bond acceptors (Lipinski definition) is 3. The van der Waals surface area contributed by atoms with Gasteiger partial charge >= 0.3 is 0 Å². The van der Waals surface area contributed by atoms with Crippen molar-refractivity contribution in [1.82, 2.24) is 5.32 Å². The van der Waals surface area contributed by atoms with Crippen LogP contribution in [-0.2, 0) is 0 Å². The van der Waals surface area contributed by atoms with E-state index in [1.165, 1.54) is 16.9 Å². The highest BCUT2D eigenvalue weighted by atomic mass is 15.3. The van der Waals surface area contributed by atoms with Gasteiger partial charge in [0, 0.05) is 5.70 Å². The van der Waals surface area contributed by atoms with E-state index in [4.69, 9.17) is 0 Å². The number of benzene rings is 1. The summed E-state index contributed by atoms with van der Waals surface area (Å²) < 4.78 is 0. The Hall–Kier alpha value is -2.68. The van der Waals surface area contributed by atoms with Crippen molar-refractivity contribution in [3.63, 3.8) is 0 Å². The van der Waals surface area contributed by atoms with E-state index in [9.17, 15) is 0 Å². The fraction of sp³-hybridized carbons (Fsp3) is 0.158. The van der Waals surface area contributed by atoms with Crippen molar-refractivity contribution in [3.8, 4) is 0 Å². The Morgan fingerprint density at radius 1 is 1.36 bits per heavy atom. The Morgan fingerprint density at radius 3 is 2.91 bits per heavy atom. The van der Waals surface area contributed by atoms with Crippen molar-refractivity contribution in [2.45, 2.75) is 13.1 Å². The summed E-state index contributed by atoms with van der Waals surface area (Å²) in [5.41, 5.74) is 5.91. The molecule has 3 rings (SSSR count). The van der Waals surface area contributed by atoms with Gasteiger partial charge in [-0.05, 0) is 48.5 Å². The second-order valence-electron chi connectivity index (χ2n) is 5.44. The van der Waals surface area contributed by atoms with Crippen LogP contribution in [0.2, 0.25) is 0 Å². The number of rotatable bonds is 4. The normalized spacial score (nSPS) is 19.9. The molecular weight excluding hydrogens is 270 g/mol. The van der Waals surface area contributed by atoms with Crippen LogP contribution in [0.4, 0.5) is 11.4 Å². The van der Waals surface area contributed by atoms with Gasteiger partial charge in [-0.1, -0.05) is 37.5 Å². The Morgan fingerprint density at radius 2 is 2.23 bits per heavy atom. The van der Waals surface area contributed by atoms with Gasteiger partial charge in [-0.3, -0.25) is 0 Å². The fourth-order valence-electron chi connectivity index (χ4n) is 2.89. The predicted octanol–water partition coefficient (Wildman–Crippen LogP) is 3.85. The zero-order valence-electron chi connectivity index (χ0n) is 12.8. The molecule has 0 aromatic heterocycles. The molecule has 0 aliphatic carbocycles. The lowest BCUT2D eigenvalue weighted by Crippen LogP contribution is -2.39. The van der Waals surface area contributed by atoms with Crippen molar-refractivity contribution in [3.05, 3.63) is 84.8 Å². The van der Waals surface area contributed by atoms with Gasteiger partial charge in [0.2, 0.25) is 0 Å². The SMILES string of the molecule is C=C/C=C(\C=C)C1Nc2ccc(C)cc2N1C1=CC=CNC1. The van der Waals surface area contributed by atoms with E-state index in [2.05, 4.69) is 59.9 Å². The Balaban J connectivity index is 2.09. The average Bonchev–Trinajstić information content (AvgIpc) is 2.91. The Kier molecular flexibility index (Phi) is 3.88. The van der Waals surface area contributed by atoms with Crippen LogP contribution in [0.25, 0.3) is 0 Å². The number of dihydropyridines is 1. The molecule has 0 saturated carbocycles. The molecular formula is C19H21N3. The maximum Gasteiger partial charge on any atom is 0.130 e. The summed E-state index contributed by atoms with van der Waals surface area (Å²) in [6.45, 7) is 10.7. The van der Waals surface area contributed by atoms with Crippen molar-refractivity contribution in [2.24, 2.45) is 0 Å². The maximum atomic E-state index is 3.95. The summed E-state index contributed by atoms with van der Waals surface area (Å²) in [5.74, 6) is 0. The van der Waals surface area contributed by atoms with Gasteiger partial charge in [0.15, 0.2) is 0 Å². The monoisotopic (exact) mass is 291 g/mol. The molecule has 2 aliphatic rings. The molecule has 112 valence electrons. The number of allylic oxidation sites excluding steroid dienone is 4. The van der Waals surface area contributed by atoms with Crippen LogP contribution in [0.15, 0.2) is 79.2 Å². The van der Waals surface area contributed by atoms with Gasteiger partial charge in [0.05, 0.1) is 17.9 Å². The molecule has 2 aliphatic heterocycles. The van der Waals surface area contributed by atoms with E-state index < -0.39 is 0 Å². The molecule has 3 heteroatoms. The van der Waals surface area contributed by atoms with Crippen LogP contribution in [-0.4, -0.2) is 12.7 Å². The molecule has 22 heavy (non-hydrogen) atoms. The second kappa shape index (κ2) is 5.98. The van der Waals surface area contributed by atoms with Crippen LogP contribution in [0.1, 0.15) is 5.56 Å². The predicted molar refractivity (Wildman–Crippen MR) is 94.8 cm³/mol. The largest absolute Gasteiger partial charge is 0.385 e. The summed E-state index contributed by atoms with van der Waals surface area (Å²) in [7, 11) is 0. The van der Waals surface area contributed by atoms with E-state index in [1.54, 1.807) is 6.08 Å². The minimum atomic E-state index is 0.0341. The molecule has 2 N–H and O–H groups in total. The summed E-state index contributed by atoms with van der Waals surface area (Å²) in [4.78, 5) is 2.33. The lowest BCUT2D eigenvalue weighted by Gasteiger charge is -2.31. The third-order valence-electron chi connectivity index (χ3n) is 3.92. The molecule has 0 amide bonds. The molecule has 1 aromatic carbocycles. The van der Waals surface area contributed by atoms with Gasteiger partial charge < -0.3 is 15.5 Å². The fourth-order valence-corrected chi connectivity index (χ4v) is 2.89. The summed E-state index contributed by atoms with van der Waals surface area (Å²) in [6, 6.07) is 6.49. The minimum Gasteiger partial charge on any atom is -0.385 e. The number of fused-ring (bicyclic) bond motifs is 1. The summed E-state index contributed by atoms with van der Waals surface area (Å²) >= 11 is 0.